The Morgan fingerprint density at radius 1 is 1.08 bits per heavy atom. The molecule has 0 bridgehead atoms. The molecule has 0 nitrogen and oxygen atoms in total. The van der Waals surface area contributed by atoms with Crippen LogP contribution in [0.5, 0.6) is 0 Å². The lowest BCUT2D eigenvalue weighted by atomic mass is 9.29. The van der Waals surface area contributed by atoms with E-state index in [1.54, 1.807) is 0 Å². The first kappa shape index (κ1) is 8.65. The molecule has 1 unspecified atom stereocenters. The second kappa shape index (κ2) is 1.78. The summed E-state index contributed by atoms with van der Waals surface area (Å²) in [7, 11) is 0. The monoisotopic (exact) mass is 164 g/mol. The van der Waals surface area contributed by atoms with Crippen molar-refractivity contribution in [2.24, 2.45) is 5.92 Å². The Morgan fingerprint density at radius 2 is 1.58 bits per heavy atom. The molecule has 2 aliphatic rings. The van der Waals surface area contributed by atoms with Gasteiger partial charge in [0.15, 0.2) is 6.71 Å². The van der Waals surface area contributed by atoms with Gasteiger partial charge in [0.05, 0.1) is 0 Å². The molecule has 12 heavy (non-hydrogen) atoms. The van der Waals surface area contributed by atoms with E-state index in [0.29, 0.717) is 10.6 Å². The van der Waals surface area contributed by atoms with Crippen molar-refractivity contribution in [1.82, 2.24) is 0 Å². The number of hydrogen-bond acceptors (Lipinski definition) is 0. The normalized spacial score (nSPS) is 40.8. The molecule has 1 atom stereocenters. The summed E-state index contributed by atoms with van der Waals surface area (Å²) in [4.78, 5) is 0. The van der Waals surface area contributed by atoms with Crippen LogP contribution in [0.3, 0.4) is 0 Å². The molecule has 0 N–H and O–H groups in total. The van der Waals surface area contributed by atoms with Gasteiger partial charge in [0.2, 0.25) is 0 Å². The van der Waals surface area contributed by atoms with Crippen LogP contribution < -0.4 is 0 Å². The van der Waals surface area contributed by atoms with Gasteiger partial charge < -0.3 is 0 Å². The van der Waals surface area contributed by atoms with Gasteiger partial charge in [-0.3, -0.25) is 0 Å². The maximum atomic E-state index is 2.46. The van der Waals surface area contributed by atoms with Crippen LogP contribution in [0.25, 0.3) is 0 Å². The number of rotatable bonds is 1. The third-order valence-corrected chi connectivity index (χ3v) is 4.91. The minimum Gasteiger partial charge on any atom is -0.0666 e. The van der Waals surface area contributed by atoms with E-state index < -0.39 is 0 Å². The predicted octanol–water partition coefficient (Wildman–Crippen LogP) is 3.86. The van der Waals surface area contributed by atoms with Gasteiger partial charge >= 0.3 is 0 Å². The highest BCUT2D eigenvalue weighted by molar-refractivity contribution is 6.85. The third kappa shape index (κ3) is 0.602. The SMILES string of the molecule is CC(C)C12CC(C)(C)B1C2(C)C. The van der Waals surface area contributed by atoms with Crippen LogP contribution in [0.1, 0.15) is 48.0 Å². The molecule has 0 spiro atoms. The van der Waals surface area contributed by atoms with E-state index in [-0.39, 0.29) is 0 Å². The fourth-order valence-electron chi connectivity index (χ4n) is 4.90. The topological polar surface area (TPSA) is 0 Å². The smallest absolute Gasteiger partial charge is 0.0666 e. The molecule has 0 aliphatic carbocycles. The van der Waals surface area contributed by atoms with E-state index in [4.69, 9.17) is 0 Å². The van der Waals surface area contributed by atoms with E-state index in [0.717, 1.165) is 17.9 Å². The molecule has 2 rings (SSSR count). The first-order chi connectivity index (χ1) is 5.27. The second-order valence-electron chi connectivity index (χ2n) is 6.52. The van der Waals surface area contributed by atoms with Crippen LogP contribution in [0.4, 0.5) is 0 Å². The van der Waals surface area contributed by atoms with Gasteiger partial charge in [0, 0.05) is 0 Å². The molecule has 2 aliphatic heterocycles. The Bertz CT molecular complexity index is 227. The minimum absolute atomic E-state index is 0.630. The highest BCUT2D eigenvalue weighted by atomic mass is 14.7. The van der Waals surface area contributed by atoms with Crippen molar-refractivity contribution in [3.05, 3.63) is 0 Å². The molecule has 2 fully saturated rings. The molecular weight excluding hydrogens is 143 g/mol. The van der Waals surface area contributed by atoms with E-state index in [2.05, 4.69) is 41.5 Å². The fraction of sp³-hybridized carbons (Fsp3) is 1.00. The lowest BCUT2D eigenvalue weighted by Crippen LogP contribution is -2.34. The lowest BCUT2D eigenvalue weighted by molar-refractivity contribution is 0.328. The largest absolute Gasteiger partial charge is 0.158 e. The summed E-state index contributed by atoms with van der Waals surface area (Å²) in [5.41, 5.74) is 0. The van der Waals surface area contributed by atoms with E-state index in [1.807, 2.05) is 0 Å². The molecule has 1 heteroatoms. The first-order valence-electron chi connectivity index (χ1n) is 5.27. The zero-order valence-corrected chi connectivity index (χ0v) is 9.36. The van der Waals surface area contributed by atoms with Crippen molar-refractivity contribution in [1.29, 1.82) is 0 Å². The predicted molar refractivity (Wildman–Crippen MR) is 56.0 cm³/mol. The Hall–Kier alpha value is 0.0649. The van der Waals surface area contributed by atoms with Crippen molar-refractivity contribution in [2.45, 2.75) is 63.9 Å². The lowest BCUT2D eigenvalue weighted by Gasteiger charge is -2.43. The summed E-state index contributed by atoms with van der Waals surface area (Å²) in [5.74, 6) is 0.880. The summed E-state index contributed by atoms with van der Waals surface area (Å²) < 4.78 is 0. The van der Waals surface area contributed by atoms with Gasteiger partial charge in [-0.05, 0) is 11.2 Å². The second-order valence-corrected chi connectivity index (χ2v) is 6.52. The van der Waals surface area contributed by atoms with E-state index in [9.17, 15) is 0 Å². The van der Waals surface area contributed by atoms with E-state index >= 15 is 0 Å². The fourth-order valence-corrected chi connectivity index (χ4v) is 4.90. The zero-order valence-electron chi connectivity index (χ0n) is 9.36. The van der Waals surface area contributed by atoms with Crippen LogP contribution in [0.15, 0.2) is 0 Å². The molecule has 2 heterocycles. The quantitative estimate of drug-likeness (QED) is 0.516. The van der Waals surface area contributed by atoms with Gasteiger partial charge in [0.1, 0.15) is 0 Å². The molecule has 0 aromatic heterocycles. The molecule has 0 aromatic carbocycles. The molecule has 0 aromatic rings. The third-order valence-electron chi connectivity index (χ3n) is 4.91. The molecule has 68 valence electrons. The van der Waals surface area contributed by atoms with Gasteiger partial charge in [-0.2, -0.15) is 0 Å². The van der Waals surface area contributed by atoms with Crippen molar-refractivity contribution in [3.63, 3.8) is 0 Å². The summed E-state index contributed by atoms with van der Waals surface area (Å²) in [6.07, 6.45) is 1.45. The Kier molecular flexibility index (Phi) is 1.29. The van der Waals surface area contributed by atoms with Crippen LogP contribution in [-0.2, 0) is 0 Å². The van der Waals surface area contributed by atoms with E-state index in [1.165, 1.54) is 6.42 Å². The number of fused-ring (bicyclic) bond motifs is 1. The Morgan fingerprint density at radius 3 is 1.67 bits per heavy atom. The van der Waals surface area contributed by atoms with Gasteiger partial charge in [-0.15, -0.1) is 0 Å². The van der Waals surface area contributed by atoms with Crippen LogP contribution >= 0.6 is 0 Å². The van der Waals surface area contributed by atoms with Crippen molar-refractivity contribution in [3.8, 4) is 0 Å². The summed E-state index contributed by atoms with van der Waals surface area (Å²) in [6, 6.07) is 0. The maximum absolute atomic E-state index is 2.46. The van der Waals surface area contributed by atoms with Crippen molar-refractivity contribution < 1.29 is 0 Å². The summed E-state index contributed by atoms with van der Waals surface area (Å²) in [5, 5.41) is 1.98. The molecule has 0 radical (unpaired) electrons. The summed E-state index contributed by atoms with van der Waals surface area (Å²) in [6.45, 7) is 15.6. The average Bonchev–Trinajstić information content (AvgIpc) is 2.22. The molecule has 0 amide bonds. The first-order valence-corrected chi connectivity index (χ1v) is 5.27. The highest BCUT2D eigenvalue weighted by Gasteiger charge is 2.85. The molecular formula is C11H21B. The molecule has 2 saturated heterocycles. The van der Waals surface area contributed by atoms with Gasteiger partial charge in [-0.25, -0.2) is 0 Å². The summed E-state index contributed by atoms with van der Waals surface area (Å²) >= 11 is 0. The van der Waals surface area contributed by atoms with Gasteiger partial charge in [-0.1, -0.05) is 58.6 Å². The zero-order chi connectivity index (χ0) is 9.36. The number of hydrogen-bond donors (Lipinski definition) is 0. The minimum atomic E-state index is 0.630. The van der Waals surface area contributed by atoms with Crippen LogP contribution in [0, 0.1) is 5.92 Å². The van der Waals surface area contributed by atoms with Crippen LogP contribution in [0.2, 0.25) is 15.9 Å². The Balaban J connectivity index is 2.28. The van der Waals surface area contributed by atoms with Crippen molar-refractivity contribution in [2.75, 3.05) is 0 Å². The standard InChI is InChI=1S/C11H21B/c1-8(2)11-7-9(3,4)12(11)10(11,5)6/h8H,7H2,1-6H3. The average molecular weight is 164 g/mol. The van der Waals surface area contributed by atoms with Crippen LogP contribution in [-0.4, -0.2) is 6.71 Å². The molecule has 0 saturated carbocycles. The maximum Gasteiger partial charge on any atom is 0.158 e. The van der Waals surface area contributed by atoms with Gasteiger partial charge in [0.25, 0.3) is 0 Å². The Labute approximate surface area is 77.2 Å². The highest BCUT2D eigenvalue weighted by Crippen LogP contribution is 2.94. The van der Waals surface area contributed by atoms with Crippen molar-refractivity contribution >= 4 is 6.71 Å².